The van der Waals surface area contributed by atoms with Gasteiger partial charge in [-0.25, -0.2) is 0 Å². The van der Waals surface area contributed by atoms with Crippen LogP contribution in [0, 0.1) is 6.92 Å². The van der Waals surface area contributed by atoms with Crippen LogP contribution in [-0.2, 0) is 6.42 Å². The van der Waals surface area contributed by atoms with Crippen molar-refractivity contribution in [3.05, 3.63) is 35.5 Å². The Balaban J connectivity index is 2.02. The fraction of sp³-hybridized carbons (Fsp3) is 0.400. The molecule has 0 fully saturated rings. The predicted molar refractivity (Wildman–Crippen MR) is 81.5 cm³/mol. The number of aliphatic imine (C=N–C) groups is 1. The van der Waals surface area contributed by atoms with Gasteiger partial charge in [-0.1, -0.05) is 12.1 Å². The van der Waals surface area contributed by atoms with Gasteiger partial charge in [0, 0.05) is 29.7 Å². The second-order valence-electron chi connectivity index (χ2n) is 5.18. The summed E-state index contributed by atoms with van der Waals surface area (Å²) in [7, 11) is 0. The van der Waals surface area contributed by atoms with Crippen molar-refractivity contribution in [1.82, 2.24) is 10.3 Å². The van der Waals surface area contributed by atoms with Crippen LogP contribution in [0.3, 0.4) is 0 Å². The Hall–Kier alpha value is -1.97. The molecule has 0 saturated heterocycles. The predicted octanol–water partition coefficient (Wildman–Crippen LogP) is 2.33. The third kappa shape index (κ3) is 3.50. The van der Waals surface area contributed by atoms with Gasteiger partial charge >= 0.3 is 0 Å². The average molecular weight is 258 g/mol. The Labute approximate surface area is 114 Å². The van der Waals surface area contributed by atoms with E-state index in [9.17, 15) is 0 Å². The van der Waals surface area contributed by atoms with E-state index in [-0.39, 0.29) is 0 Å². The van der Waals surface area contributed by atoms with Gasteiger partial charge in [0.1, 0.15) is 0 Å². The number of rotatable bonds is 4. The molecule has 19 heavy (non-hydrogen) atoms. The SMILES string of the molecule is Cc1ccc2c(CCN=C(N)NC(C)C)c[nH]c2c1. The molecule has 1 aromatic heterocycles. The number of H-pyrrole nitrogens is 1. The molecule has 4 nitrogen and oxygen atoms in total. The largest absolute Gasteiger partial charge is 0.370 e. The van der Waals surface area contributed by atoms with E-state index >= 15 is 0 Å². The normalized spacial score (nSPS) is 12.3. The molecule has 0 atom stereocenters. The zero-order valence-electron chi connectivity index (χ0n) is 11.8. The molecule has 4 N–H and O–H groups in total. The number of hydrogen-bond acceptors (Lipinski definition) is 1. The van der Waals surface area contributed by atoms with Gasteiger partial charge in [0.25, 0.3) is 0 Å². The summed E-state index contributed by atoms with van der Waals surface area (Å²) in [6.45, 7) is 6.89. The van der Waals surface area contributed by atoms with E-state index in [1.165, 1.54) is 22.0 Å². The van der Waals surface area contributed by atoms with Crippen LogP contribution in [0.2, 0.25) is 0 Å². The van der Waals surface area contributed by atoms with Gasteiger partial charge < -0.3 is 16.0 Å². The van der Waals surface area contributed by atoms with Gasteiger partial charge in [-0.15, -0.1) is 0 Å². The number of hydrogen-bond donors (Lipinski definition) is 3. The number of aromatic amines is 1. The summed E-state index contributed by atoms with van der Waals surface area (Å²) in [6.07, 6.45) is 2.95. The van der Waals surface area contributed by atoms with Crippen molar-refractivity contribution in [3.8, 4) is 0 Å². The van der Waals surface area contributed by atoms with Crippen LogP contribution in [0.15, 0.2) is 29.4 Å². The summed E-state index contributed by atoms with van der Waals surface area (Å²) in [6, 6.07) is 6.78. The number of nitrogens with two attached hydrogens (primary N) is 1. The number of benzene rings is 1. The highest BCUT2D eigenvalue weighted by Gasteiger charge is 2.03. The number of fused-ring (bicyclic) bond motifs is 1. The molecular formula is C15H22N4. The molecule has 0 unspecified atom stereocenters. The summed E-state index contributed by atoms with van der Waals surface area (Å²) in [5.41, 5.74) is 9.52. The van der Waals surface area contributed by atoms with E-state index in [4.69, 9.17) is 5.73 Å². The maximum atomic E-state index is 5.78. The smallest absolute Gasteiger partial charge is 0.188 e. The highest BCUT2D eigenvalue weighted by molar-refractivity contribution is 5.84. The lowest BCUT2D eigenvalue weighted by Gasteiger charge is -2.08. The molecule has 0 saturated carbocycles. The first-order chi connectivity index (χ1) is 9.06. The third-order valence-corrected chi connectivity index (χ3v) is 3.02. The Morgan fingerprint density at radius 3 is 2.95 bits per heavy atom. The Bertz CT molecular complexity index is 581. The first-order valence-electron chi connectivity index (χ1n) is 6.69. The quantitative estimate of drug-likeness (QED) is 0.582. The summed E-state index contributed by atoms with van der Waals surface area (Å²) >= 11 is 0. The molecule has 0 spiro atoms. The summed E-state index contributed by atoms with van der Waals surface area (Å²) in [5.74, 6) is 0.519. The Morgan fingerprint density at radius 1 is 1.42 bits per heavy atom. The monoisotopic (exact) mass is 258 g/mol. The Kier molecular flexibility index (Phi) is 4.10. The molecule has 0 aliphatic carbocycles. The average Bonchev–Trinajstić information content (AvgIpc) is 2.70. The van der Waals surface area contributed by atoms with Crippen molar-refractivity contribution in [3.63, 3.8) is 0 Å². The van der Waals surface area contributed by atoms with E-state index in [1.54, 1.807) is 0 Å². The molecule has 0 radical (unpaired) electrons. The molecule has 0 aliphatic rings. The summed E-state index contributed by atoms with van der Waals surface area (Å²) in [5, 5.41) is 4.36. The van der Waals surface area contributed by atoms with Crippen molar-refractivity contribution in [2.45, 2.75) is 33.2 Å². The van der Waals surface area contributed by atoms with Crippen molar-refractivity contribution in [2.24, 2.45) is 10.7 Å². The van der Waals surface area contributed by atoms with E-state index in [0.717, 1.165) is 6.42 Å². The molecular weight excluding hydrogens is 236 g/mol. The molecule has 4 heteroatoms. The number of nitrogens with one attached hydrogen (secondary N) is 2. The Morgan fingerprint density at radius 2 is 2.21 bits per heavy atom. The zero-order valence-corrected chi connectivity index (χ0v) is 11.8. The number of nitrogens with zero attached hydrogens (tertiary/aromatic N) is 1. The minimum Gasteiger partial charge on any atom is -0.370 e. The van der Waals surface area contributed by atoms with Crippen LogP contribution in [0.5, 0.6) is 0 Å². The fourth-order valence-corrected chi connectivity index (χ4v) is 2.15. The third-order valence-electron chi connectivity index (χ3n) is 3.02. The van der Waals surface area contributed by atoms with Crippen molar-refractivity contribution in [2.75, 3.05) is 6.54 Å². The molecule has 0 bridgehead atoms. The minimum absolute atomic E-state index is 0.319. The summed E-state index contributed by atoms with van der Waals surface area (Å²) < 4.78 is 0. The van der Waals surface area contributed by atoms with Gasteiger partial charge in [-0.2, -0.15) is 0 Å². The molecule has 1 aromatic carbocycles. The second-order valence-corrected chi connectivity index (χ2v) is 5.18. The van der Waals surface area contributed by atoms with Crippen LogP contribution in [0.1, 0.15) is 25.0 Å². The molecule has 0 amide bonds. The number of guanidine groups is 1. The van der Waals surface area contributed by atoms with Crippen molar-refractivity contribution < 1.29 is 0 Å². The number of aromatic nitrogens is 1. The molecule has 2 rings (SSSR count). The van der Waals surface area contributed by atoms with Crippen LogP contribution < -0.4 is 11.1 Å². The van der Waals surface area contributed by atoms with Gasteiger partial charge in [0.05, 0.1) is 0 Å². The van der Waals surface area contributed by atoms with Gasteiger partial charge in [0.2, 0.25) is 0 Å². The van der Waals surface area contributed by atoms with Gasteiger partial charge in [-0.05, 0) is 44.4 Å². The van der Waals surface area contributed by atoms with E-state index in [2.05, 4.69) is 46.6 Å². The van der Waals surface area contributed by atoms with E-state index < -0.39 is 0 Å². The van der Waals surface area contributed by atoms with Crippen molar-refractivity contribution >= 4 is 16.9 Å². The lowest BCUT2D eigenvalue weighted by atomic mass is 10.1. The minimum atomic E-state index is 0.319. The van der Waals surface area contributed by atoms with E-state index in [0.29, 0.717) is 18.5 Å². The lowest BCUT2D eigenvalue weighted by Crippen LogP contribution is -2.36. The molecule has 1 heterocycles. The molecule has 102 valence electrons. The zero-order chi connectivity index (χ0) is 13.8. The lowest BCUT2D eigenvalue weighted by molar-refractivity contribution is 0.723. The molecule has 2 aromatic rings. The van der Waals surface area contributed by atoms with Crippen molar-refractivity contribution in [1.29, 1.82) is 0 Å². The maximum Gasteiger partial charge on any atom is 0.188 e. The fourth-order valence-electron chi connectivity index (χ4n) is 2.15. The van der Waals surface area contributed by atoms with E-state index in [1.807, 2.05) is 13.8 Å². The first-order valence-corrected chi connectivity index (χ1v) is 6.69. The topological polar surface area (TPSA) is 66.2 Å². The first kappa shape index (κ1) is 13.5. The molecule has 0 aliphatic heterocycles. The van der Waals surface area contributed by atoms with Crippen LogP contribution >= 0.6 is 0 Å². The highest BCUT2D eigenvalue weighted by atomic mass is 15.1. The second kappa shape index (κ2) is 5.78. The van der Waals surface area contributed by atoms with Gasteiger partial charge in [0.15, 0.2) is 5.96 Å². The van der Waals surface area contributed by atoms with Crippen LogP contribution in [0.4, 0.5) is 0 Å². The van der Waals surface area contributed by atoms with Gasteiger partial charge in [-0.3, -0.25) is 4.99 Å². The van der Waals surface area contributed by atoms with Crippen LogP contribution in [0.25, 0.3) is 10.9 Å². The number of aryl methyl sites for hydroxylation is 1. The highest BCUT2D eigenvalue weighted by Crippen LogP contribution is 2.19. The van der Waals surface area contributed by atoms with Crippen LogP contribution in [-0.4, -0.2) is 23.5 Å². The standard InChI is InChI=1S/C15H22N4/c1-10(2)19-15(16)17-7-6-12-9-18-14-8-11(3)4-5-13(12)14/h4-5,8-10,18H,6-7H2,1-3H3,(H3,16,17,19). The summed E-state index contributed by atoms with van der Waals surface area (Å²) in [4.78, 5) is 7.64. The maximum absolute atomic E-state index is 5.78.